The molecule has 0 radical (unpaired) electrons. The minimum Gasteiger partial charge on any atom is -0.452 e. The molecule has 1 N–H and O–H groups in total. The van der Waals surface area contributed by atoms with Gasteiger partial charge >= 0.3 is 5.97 Å². The summed E-state index contributed by atoms with van der Waals surface area (Å²) in [7, 11) is 0. The molecule has 1 aromatic heterocycles. The Labute approximate surface area is 171 Å². The predicted molar refractivity (Wildman–Crippen MR) is 111 cm³/mol. The molecule has 1 amide bonds. The van der Waals surface area contributed by atoms with Crippen LogP contribution in [0, 0.1) is 12.8 Å². The van der Waals surface area contributed by atoms with Crippen molar-refractivity contribution in [3.05, 3.63) is 46.2 Å². The van der Waals surface area contributed by atoms with Gasteiger partial charge in [-0.15, -0.1) is 0 Å². The third-order valence-corrected chi connectivity index (χ3v) is 4.54. The van der Waals surface area contributed by atoms with E-state index in [1.807, 2.05) is 38.1 Å². The van der Waals surface area contributed by atoms with Gasteiger partial charge in [-0.3, -0.25) is 9.48 Å². The molecule has 0 aliphatic carbocycles. The third kappa shape index (κ3) is 5.35. The van der Waals surface area contributed by atoms with E-state index in [1.165, 1.54) is 0 Å². The van der Waals surface area contributed by atoms with Crippen molar-refractivity contribution in [2.75, 3.05) is 11.9 Å². The summed E-state index contributed by atoms with van der Waals surface area (Å²) in [5.74, 6) is -0.737. The molecule has 0 unspecified atom stereocenters. The molecule has 152 valence electrons. The Kier molecular flexibility index (Phi) is 6.88. The lowest BCUT2D eigenvalue weighted by molar-refractivity contribution is -0.119. The number of anilines is 1. The van der Waals surface area contributed by atoms with Gasteiger partial charge in [0, 0.05) is 12.2 Å². The summed E-state index contributed by atoms with van der Waals surface area (Å²) in [5, 5.41) is 7.33. The second-order valence-electron chi connectivity index (χ2n) is 8.25. The molecular weight excluding hydrogens is 378 g/mol. The molecule has 0 aliphatic heterocycles. The number of rotatable bonds is 6. The molecular formula is C21H28ClN3O3. The van der Waals surface area contributed by atoms with E-state index in [2.05, 4.69) is 31.2 Å². The van der Waals surface area contributed by atoms with E-state index in [0.29, 0.717) is 23.8 Å². The number of aryl methyl sites for hydroxylation is 1. The van der Waals surface area contributed by atoms with Gasteiger partial charge in [-0.2, -0.15) is 5.10 Å². The van der Waals surface area contributed by atoms with Crippen LogP contribution in [0.15, 0.2) is 24.3 Å². The van der Waals surface area contributed by atoms with Crippen LogP contribution in [0.2, 0.25) is 5.15 Å². The second-order valence-corrected chi connectivity index (χ2v) is 8.61. The second kappa shape index (κ2) is 8.78. The van der Waals surface area contributed by atoms with Crippen molar-refractivity contribution < 1.29 is 14.3 Å². The van der Waals surface area contributed by atoms with Gasteiger partial charge in [0.1, 0.15) is 10.7 Å². The summed E-state index contributed by atoms with van der Waals surface area (Å²) in [6.07, 6.45) is 0. The molecule has 2 rings (SSSR count). The number of carbonyl (C=O) groups excluding carboxylic acids is 2. The van der Waals surface area contributed by atoms with Gasteiger partial charge in [0.15, 0.2) is 6.61 Å². The van der Waals surface area contributed by atoms with Crippen LogP contribution in [0.1, 0.15) is 56.2 Å². The Balaban J connectivity index is 2.05. The lowest BCUT2D eigenvalue weighted by Gasteiger charge is -2.22. The number of aromatic nitrogens is 2. The van der Waals surface area contributed by atoms with E-state index < -0.39 is 18.5 Å². The molecule has 0 bridgehead atoms. The summed E-state index contributed by atoms with van der Waals surface area (Å²) < 4.78 is 6.76. The summed E-state index contributed by atoms with van der Waals surface area (Å²) >= 11 is 6.28. The molecule has 28 heavy (non-hydrogen) atoms. The molecule has 0 spiro atoms. The molecule has 0 saturated carbocycles. The average Bonchev–Trinajstić information content (AvgIpc) is 2.85. The number of hydrogen-bond acceptors (Lipinski definition) is 4. The van der Waals surface area contributed by atoms with Crippen LogP contribution in [-0.4, -0.2) is 28.3 Å². The zero-order valence-electron chi connectivity index (χ0n) is 17.3. The van der Waals surface area contributed by atoms with E-state index in [-0.39, 0.29) is 16.1 Å². The summed E-state index contributed by atoms with van der Waals surface area (Å²) in [6.45, 7) is 12.2. The quantitative estimate of drug-likeness (QED) is 0.713. The Morgan fingerprint density at radius 1 is 1.25 bits per heavy atom. The molecule has 1 aromatic carbocycles. The van der Waals surface area contributed by atoms with Gasteiger partial charge in [0.2, 0.25) is 0 Å². The maximum absolute atomic E-state index is 12.4. The topological polar surface area (TPSA) is 73.2 Å². The van der Waals surface area contributed by atoms with Crippen molar-refractivity contribution in [3.63, 3.8) is 0 Å². The van der Waals surface area contributed by atoms with E-state index in [0.717, 1.165) is 5.56 Å². The van der Waals surface area contributed by atoms with Crippen molar-refractivity contribution >= 4 is 29.2 Å². The van der Waals surface area contributed by atoms with Crippen LogP contribution >= 0.6 is 11.6 Å². The number of halogens is 1. The molecule has 0 atom stereocenters. The van der Waals surface area contributed by atoms with E-state index in [4.69, 9.17) is 16.3 Å². The van der Waals surface area contributed by atoms with Crippen LogP contribution < -0.4 is 5.32 Å². The van der Waals surface area contributed by atoms with Gasteiger partial charge in [-0.05, 0) is 29.9 Å². The van der Waals surface area contributed by atoms with E-state index >= 15 is 0 Å². The van der Waals surface area contributed by atoms with Crippen molar-refractivity contribution in [2.45, 2.75) is 53.5 Å². The third-order valence-electron chi connectivity index (χ3n) is 4.15. The van der Waals surface area contributed by atoms with Crippen molar-refractivity contribution in [1.29, 1.82) is 0 Å². The van der Waals surface area contributed by atoms with E-state index in [1.54, 1.807) is 11.6 Å². The van der Waals surface area contributed by atoms with Gasteiger partial charge in [0.25, 0.3) is 5.91 Å². The highest BCUT2D eigenvalue weighted by Gasteiger charge is 2.23. The fourth-order valence-corrected chi connectivity index (χ4v) is 3.21. The van der Waals surface area contributed by atoms with Gasteiger partial charge in [-0.25, -0.2) is 4.79 Å². The molecule has 6 nitrogen and oxygen atoms in total. The normalized spacial score (nSPS) is 11.6. The highest BCUT2D eigenvalue weighted by Crippen LogP contribution is 2.29. The number of nitrogens with one attached hydrogen (secondary N) is 1. The number of amides is 1. The summed E-state index contributed by atoms with van der Waals surface area (Å²) in [5.41, 5.74) is 2.26. The largest absolute Gasteiger partial charge is 0.452 e. The molecule has 0 aliphatic rings. The van der Waals surface area contributed by atoms with Crippen LogP contribution in [0.4, 0.5) is 5.69 Å². The first kappa shape index (κ1) is 22.0. The Morgan fingerprint density at radius 3 is 2.50 bits per heavy atom. The maximum atomic E-state index is 12.4. The van der Waals surface area contributed by atoms with Crippen molar-refractivity contribution in [3.8, 4) is 0 Å². The zero-order valence-corrected chi connectivity index (χ0v) is 18.1. The average molecular weight is 406 g/mol. The first-order valence-electron chi connectivity index (χ1n) is 9.30. The van der Waals surface area contributed by atoms with Crippen molar-refractivity contribution in [2.24, 2.45) is 5.92 Å². The summed E-state index contributed by atoms with van der Waals surface area (Å²) in [6, 6.07) is 7.57. The standard InChI is InChI=1S/C21H28ClN3O3/c1-13(2)11-25-19(22)18(14(3)24-25)20(27)28-12-17(26)23-16-10-8-7-9-15(16)21(4,5)6/h7-10,13H,11-12H2,1-6H3,(H,23,26). The fourth-order valence-electron chi connectivity index (χ4n) is 2.89. The minimum absolute atomic E-state index is 0.129. The molecule has 1 heterocycles. The van der Waals surface area contributed by atoms with Crippen LogP contribution in [0.5, 0.6) is 0 Å². The fraction of sp³-hybridized carbons (Fsp3) is 0.476. The predicted octanol–water partition coefficient (Wildman–Crippen LogP) is 4.59. The number of para-hydroxylation sites is 1. The van der Waals surface area contributed by atoms with Gasteiger partial charge in [0.05, 0.1) is 5.69 Å². The number of carbonyl (C=O) groups is 2. The minimum atomic E-state index is -0.656. The van der Waals surface area contributed by atoms with Crippen LogP contribution in [0.3, 0.4) is 0 Å². The smallest absolute Gasteiger partial charge is 0.343 e. The first-order valence-corrected chi connectivity index (χ1v) is 9.68. The maximum Gasteiger partial charge on any atom is 0.343 e. The monoisotopic (exact) mass is 405 g/mol. The highest BCUT2D eigenvalue weighted by molar-refractivity contribution is 6.32. The Morgan fingerprint density at radius 2 is 1.89 bits per heavy atom. The van der Waals surface area contributed by atoms with Gasteiger partial charge in [-0.1, -0.05) is 64.4 Å². The van der Waals surface area contributed by atoms with Crippen LogP contribution in [0.25, 0.3) is 0 Å². The zero-order chi connectivity index (χ0) is 21.1. The Hall–Kier alpha value is -2.34. The molecule has 0 saturated heterocycles. The lowest BCUT2D eigenvalue weighted by atomic mass is 9.86. The number of esters is 1. The number of ether oxygens (including phenoxy) is 1. The van der Waals surface area contributed by atoms with Crippen LogP contribution in [-0.2, 0) is 21.5 Å². The first-order chi connectivity index (χ1) is 13.0. The Bertz CT molecular complexity index is 866. The summed E-state index contributed by atoms with van der Waals surface area (Å²) in [4.78, 5) is 24.7. The SMILES string of the molecule is Cc1nn(CC(C)C)c(Cl)c1C(=O)OCC(=O)Nc1ccccc1C(C)(C)C. The van der Waals surface area contributed by atoms with Gasteiger partial charge < -0.3 is 10.1 Å². The van der Waals surface area contributed by atoms with E-state index in [9.17, 15) is 9.59 Å². The number of hydrogen-bond donors (Lipinski definition) is 1. The van der Waals surface area contributed by atoms with Crippen molar-refractivity contribution in [1.82, 2.24) is 9.78 Å². The molecule has 7 heteroatoms. The molecule has 2 aromatic rings. The lowest BCUT2D eigenvalue weighted by Crippen LogP contribution is -2.23. The molecule has 0 fully saturated rings. The number of nitrogens with zero attached hydrogens (tertiary/aromatic N) is 2. The highest BCUT2D eigenvalue weighted by atomic mass is 35.5. The number of benzene rings is 1.